The number of rotatable bonds is 5. The molecular weight excluding hydrogens is 246 g/mol. The third-order valence-electron chi connectivity index (χ3n) is 2.78. The molecule has 0 saturated carbocycles. The van der Waals surface area contributed by atoms with Gasteiger partial charge in [0.15, 0.2) is 0 Å². The van der Waals surface area contributed by atoms with Gasteiger partial charge in [0.05, 0.1) is 23.9 Å². The first-order valence-electron chi connectivity index (χ1n) is 5.96. The lowest BCUT2D eigenvalue weighted by Gasteiger charge is -2.09. The Morgan fingerprint density at radius 2 is 2.28 bits per heavy atom. The van der Waals surface area contributed by atoms with Crippen LogP contribution in [-0.2, 0) is 6.42 Å². The van der Waals surface area contributed by atoms with Gasteiger partial charge < -0.3 is 9.84 Å². The summed E-state index contributed by atoms with van der Waals surface area (Å²) in [6, 6.07) is 7.58. The highest BCUT2D eigenvalue weighted by molar-refractivity contribution is 7.09. The molecule has 96 valence electrons. The van der Waals surface area contributed by atoms with Gasteiger partial charge in [-0.05, 0) is 31.5 Å². The molecule has 0 spiro atoms. The zero-order valence-electron chi connectivity index (χ0n) is 10.6. The second-order valence-corrected chi connectivity index (χ2v) is 5.15. The Balaban J connectivity index is 1.90. The summed E-state index contributed by atoms with van der Waals surface area (Å²) in [6.45, 7) is 4.39. The molecule has 1 aromatic carbocycles. The normalized spacial score (nSPS) is 12.4. The number of aliphatic hydroxyl groups is 1. The number of hydrogen-bond acceptors (Lipinski definition) is 4. The van der Waals surface area contributed by atoms with E-state index in [-0.39, 0.29) is 0 Å². The number of nitrogens with zero attached hydrogens (tertiary/aromatic N) is 1. The number of aryl methyl sites for hydroxylation is 1. The molecule has 0 bridgehead atoms. The second kappa shape index (κ2) is 5.98. The Bertz CT molecular complexity index is 508. The van der Waals surface area contributed by atoms with Crippen LogP contribution >= 0.6 is 11.3 Å². The van der Waals surface area contributed by atoms with E-state index < -0.39 is 6.10 Å². The number of ether oxygens (including phenoxy) is 1. The Morgan fingerprint density at radius 3 is 2.94 bits per heavy atom. The van der Waals surface area contributed by atoms with Crippen molar-refractivity contribution in [2.45, 2.75) is 26.4 Å². The maximum Gasteiger partial charge on any atom is 0.119 e. The van der Waals surface area contributed by atoms with Gasteiger partial charge >= 0.3 is 0 Å². The van der Waals surface area contributed by atoms with Crippen LogP contribution in [0, 0.1) is 6.92 Å². The summed E-state index contributed by atoms with van der Waals surface area (Å²) >= 11 is 1.66. The quantitative estimate of drug-likeness (QED) is 0.901. The average molecular weight is 263 g/mol. The van der Waals surface area contributed by atoms with Gasteiger partial charge in [-0.15, -0.1) is 11.3 Å². The predicted octanol–water partition coefficient (Wildman–Crippen LogP) is 3.13. The molecule has 1 heterocycles. The first-order valence-corrected chi connectivity index (χ1v) is 6.84. The zero-order valence-corrected chi connectivity index (χ0v) is 11.4. The third-order valence-corrected chi connectivity index (χ3v) is 3.78. The van der Waals surface area contributed by atoms with Gasteiger partial charge in [0, 0.05) is 11.3 Å². The molecule has 0 saturated heterocycles. The molecule has 0 unspecified atom stereocenters. The summed E-state index contributed by atoms with van der Waals surface area (Å²) in [6.07, 6.45) is 0.410. The number of benzene rings is 1. The van der Waals surface area contributed by atoms with Crippen LogP contribution in [-0.4, -0.2) is 16.7 Å². The minimum Gasteiger partial charge on any atom is -0.493 e. The summed E-state index contributed by atoms with van der Waals surface area (Å²) in [5, 5.41) is 9.50. The van der Waals surface area contributed by atoms with Crippen LogP contribution in [0.5, 0.6) is 5.75 Å². The van der Waals surface area contributed by atoms with E-state index in [1.165, 1.54) is 4.88 Å². The highest BCUT2D eigenvalue weighted by atomic mass is 32.1. The monoisotopic (exact) mass is 263 g/mol. The minimum absolute atomic E-state index is 0.461. The molecule has 1 aromatic heterocycles. The molecule has 2 aromatic rings. The smallest absolute Gasteiger partial charge is 0.119 e. The molecule has 0 aliphatic carbocycles. The molecule has 2 rings (SSSR count). The summed E-state index contributed by atoms with van der Waals surface area (Å²) in [7, 11) is 0. The van der Waals surface area contributed by atoms with Crippen LogP contribution < -0.4 is 4.74 Å². The standard InChI is InChI=1S/C14H17NO2S/c1-10-14(18-9-15-10)6-7-17-13-5-3-4-12(8-13)11(2)16/h3-5,8-9,11,16H,6-7H2,1-2H3/t11-/m0/s1. The van der Waals surface area contributed by atoms with Crippen molar-refractivity contribution in [1.82, 2.24) is 4.98 Å². The molecule has 3 nitrogen and oxygen atoms in total. The minimum atomic E-state index is -0.461. The summed E-state index contributed by atoms with van der Waals surface area (Å²) < 4.78 is 5.69. The zero-order chi connectivity index (χ0) is 13.0. The lowest BCUT2D eigenvalue weighted by atomic mass is 10.1. The van der Waals surface area contributed by atoms with E-state index in [1.54, 1.807) is 18.3 Å². The molecule has 0 aliphatic heterocycles. The fraction of sp³-hybridized carbons (Fsp3) is 0.357. The van der Waals surface area contributed by atoms with Crippen LogP contribution in [0.2, 0.25) is 0 Å². The van der Waals surface area contributed by atoms with E-state index in [0.717, 1.165) is 23.4 Å². The first kappa shape index (κ1) is 13.1. The first-order chi connectivity index (χ1) is 8.66. The fourth-order valence-electron chi connectivity index (χ4n) is 1.69. The van der Waals surface area contributed by atoms with Crippen LogP contribution in [0.4, 0.5) is 0 Å². The molecular formula is C14H17NO2S. The Morgan fingerprint density at radius 1 is 1.44 bits per heavy atom. The number of aliphatic hydroxyl groups excluding tert-OH is 1. The van der Waals surface area contributed by atoms with Crippen molar-refractivity contribution < 1.29 is 9.84 Å². The van der Waals surface area contributed by atoms with Gasteiger partial charge in [-0.2, -0.15) is 0 Å². The van der Waals surface area contributed by atoms with E-state index in [0.29, 0.717) is 6.61 Å². The molecule has 1 N–H and O–H groups in total. The van der Waals surface area contributed by atoms with Gasteiger partial charge in [-0.3, -0.25) is 0 Å². The second-order valence-electron chi connectivity index (χ2n) is 4.21. The van der Waals surface area contributed by atoms with E-state index >= 15 is 0 Å². The third kappa shape index (κ3) is 3.31. The van der Waals surface area contributed by atoms with Gasteiger partial charge in [0.1, 0.15) is 5.75 Å². The van der Waals surface area contributed by atoms with Gasteiger partial charge in [-0.25, -0.2) is 4.98 Å². The molecule has 0 radical (unpaired) electrons. The Labute approximate surface area is 111 Å². The number of hydrogen-bond donors (Lipinski definition) is 1. The summed E-state index contributed by atoms with van der Waals surface area (Å²) in [4.78, 5) is 5.47. The average Bonchev–Trinajstić information content (AvgIpc) is 2.76. The van der Waals surface area contributed by atoms with Crippen molar-refractivity contribution in [2.24, 2.45) is 0 Å². The summed E-state index contributed by atoms with van der Waals surface area (Å²) in [5.41, 5.74) is 3.82. The van der Waals surface area contributed by atoms with Crippen LogP contribution in [0.25, 0.3) is 0 Å². The lowest BCUT2D eigenvalue weighted by molar-refractivity contribution is 0.198. The van der Waals surface area contributed by atoms with Crippen molar-refractivity contribution >= 4 is 11.3 Å². The van der Waals surface area contributed by atoms with E-state index in [9.17, 15) is 5.11 Å². The SMILES string of the molecule is Cc1ncsc1CCOc1cccc([C@H](C)O)c1. The molecule has 0 amide bonds. The van der Waals surface area contributed by atoms with Crippen LogP contribution in [0.3, 0.4) is 0 Å². The molecule has 18 heavy (non-hydrogen) atoms. The van der Waals surface area contributed by atoms with Gasteiger partial charge in [0.25, 0.3) is 0 Å². The Hall–Kier alpha value is -1.39. The summed E-state index contributed by atoms with van der Waals surface area (Å²) in [5.74, 6) is 0.801. The predicted molar refractivity (Wildman–Crippen MR) is 73.1 cm³/mol. The highest BCUT2D eigenvalue weighted by Crippen LogP contribution is 2.19. The molecule has 4 heteroatoms. The van der Waals surface area contributed by atoms with Crippen molar-refractivity contribution in [1.29, 1.82) is 0 Å². The van der Waals surface area contributed by atoms with Crippen molar-refractivity contribution in [3.05, 3.63) is 45.9 Å². The lowest BCUT2D eigenvalue weighted by Crippen LogP contribution is -2.02. The topological polar surface area (TPSA) is 42.4 Å². The van der Waals surface area contributed by atoms with Crippen LogP contribution in [0.15, 0.2) is 29.8 Å². The van der Waals surface area contributed by atoms with Gasteiger partial charge in [-0.1, -0.05) is 12.1 Å². The number of thiazole rings is 1. The van der Waals surface area contributed by atoms with Gasteiger partial charge in [0.2, 0.25) is 0 Å². The largest absolute Gasteiger partial charge is 0.493 e. The molecule has 0 fully saturated rings. The van der Waals surface area contributed by atoms with E-state index in [2.05, 4.69) is 4.98 Å². The van der Waals surface area contributed by atoms with Crippen molar-refractivity contribution in [3.63, 3.8) is 0 Å². The van der Waals surface area contributed by atoms with Crippen LogP contribution in [0.1, 0.15) is 29.2 Å². The highest BCUT2D eigenvalue weighted by Gasteiger charge is 2.04. The fourth-order valence-corrected chi connectivity index (χ4v) is 2.45. The maximum atomic E-state index is 9.50. The van der Waals surface area contributed by atoms with Crippen molar-refractivity contribution in [3.8, 4) is 5.75 Å². The van der Waals surface area contributed by atoms with E-state index in [1.807, 2.05) is 36.7 Å². The molecule has 1 atom stereocenters. The Kier molecular flexibility index (Phi) is 4.33. The molecule has 0 aliphatic rings. The maximum absolute atomic E-state index is 9.50. The number of aromatic nitrogens is 1. The van der Waals surface area contributed by atoms with Crippen molar-refractivity contribution in [2.75, 3.05) is 6.61 Å². The van der Waals surface area contributed by atoms with E-state index in [4.69, 9.17) is 4.74 Å².